The smallest absolute Gasteiger partial charge is 0.243 e. The second-order valence-electron chi connectivity index (χ2n) is 7.29. The van der Waals surface area contributed by atoms with Gasteiger partial charge in [0.15, 0.2) is 0 Å². The molecule has 1 saturated carbocycles. The van der Waals surface area contributed by atoms with E-state index in [1.54, 1.807) is 22.5 Å². The van der Waals surface area contributed by atoms with E-state index < -0.39 is 10.0 Å². The molecule has 4 rings (SSSR count). The highest BCUT2D eigenvalue weighted by Crippen LogP contribution is 2.37. The first-order valence-corrected chi connectivity index (χ1v) is 11.6. The molecule has 1 aromatic carbocycles. The van der Waals surface area contributed by atoms with E-state index in [1.807, 2.05) is 6.92 Å². The second kappa shape index (κ2) is 7.14. The second-order valence-corrected chi connectivity index (χ2v) is 10.6. The van der Waals surface area contributed by atoms with Gasteiger partial charge in [-0.2, -0.15) is 4.31 Å². The SMILES string of the molecule is CC1Sc2ccc(S(=O)(=O)N3CCN(C4CCCC4)CC3)cc2NC1=O. The predicted molar refractivity (Wildman–Crippen MR) is 103 cm³/mol. The first-order valence-electron chi connectivity index (χ1n) is 9.31. The van der Waals surface area contributed by atoms with Crippen molar-refractivity contribution in [2.75, 3.05) is 31.5 Å². The maximum absolute atomic E-state index is 13.0. The monoisotopic (exact) mass is 395 g/mol. The number of nitrogens with zero attached hydrogens (tertiary/aromatic N) is 2. The van der Waals surface area contributed by atoms with Crippen LogP contribution in [0.25, 0.3) is 0 Å². The van der Waals surface area contributed by atoms with Crippen LogP contribution < -0.4 is 5.32 Å². The van der Waals surface area contributed by atoms with E-state index in [0.29, 0.717) is 24.8 Å². The summed E-state index contributed by atoms with van der Waals surface area (Å²) in [6.45, 7) is 4.53. The Morgan fingerprint density at radius 3 is 2.50 bits per heavy atom. The average molecular weight is 396 g/mol. The molecular weight excluding hydrogens is 370 g/mol. The fraction of sp³-hybridized carbons (Fsp3) is 0.611. The number of hydrogen-bond acceptors (Lipinski definition) is 5. The molecule has 0 bridgehead atoms. The summed E-state index contributed by atoms with van der Waals surface area (Å²) in [6.07, 6.45) is 5.07. The van der Waals surface area contributed by atoms with Crippen LogP contribution in [0.4, 0.5) is 5.69 Å². The summed E-state index contributed by atoms with van der Waals surface area (Å²) in [5.74, 6) is -0.0813. The molecule has 2 fully saturated rings. The van der Waals surface area contributed by atoms with Crippen LogP contribution >= 0.6 is 11.8 Å². The number of thioether (sulfide) groups is 1. The quantitative estimate of drug-likeness (QED) is 0.851. The van der Waals surface area contributed by atoms with Gasteiger partial charge < -0.3 is 5.32 Å². The van der Waals surface area contributed by atoms with Gasteiger partial charge >= 0.3 is 0 Å². The molecule has 142 valence electrons. The number of carbonyl (C=O) groups is 1. The molecule has 3 aliphatic rings. The van der Waals surface area contributed by atoms with Gasteiger partial charge in [0.1, 0.15) is 0 Å². The number of carbonyl (C=O) groups excluding carboxylic acids is 1. The van der Waals surface area contributed by atoms with Gasteiger partial charge in [-0.1, -0.05) is 12.8 Å². The zero-order chi connectivity index (χ0) is 18.3. The number of rotatable bonds is 3. The van der Waals surface area contributed by atoms with E-state index >= 15 is 0 Å². The number of sulfonamides is 1. The first-order chi connectivity index (χ1) is 12.4. The first kappa shape index (κ1) is 18.3. The molecule has 1 N–H and O–H groups in total. The van der Waals surface area contributed by atoms with Crippen molar-refractivity contribution in [3.63, 3.8) is 0 Å². The van der Waals surface area contributed by atoms with Gasteiger partial charge in [-0.05, 0) is 38.0 Å². The Balaban J connectivity index is 1.49. The van der Waals surface area contributed by atoms with Crippen molar-refractivity contribution in [2.45, 2.75) is 53.7 Å². The topological polar surface area (TPSA) is 69.7 Å². The van der Waals surface area contributed by atoms with Gasteiger partial charge in [0.2, 0.25) is 15.9 Å². The highest BCUT2D eigenvalue weighted by molar-refractivity contribution is 8.01. The standard InChI is InChI=1S/C18H25N3O3S2/c1-13-18(22)19-16-12-15(6-7-17(16)25-13)26(23,24)21-10-8-20(9-11-21)14-4-2-3-5-14/h6-7,12-14H,2-5,8-11H2,1H3,(H,19,22). The van der Waals surface area contributed by atoms with E-state index in [1.165, 1.54) is 37.4 Å². The molecule has 1 aliphatic carbocycles. The number of fused-ring (bicyclic) bond motifs is 1. The summed E-state index contributed by atoms with van der Waals surface area (Å²) in [7, 11) is -3.53. The third-order valence-corrected chi connectivity index (χ3v) is 8.71. The molecule has 26 heavy (non-hydrogen) atoms. The van der Waals surface area contributed by atoms with Crippen LogP contribution in [0.5, 0.6) is 0 Å². The Kier molecular flexibility index (Phi) is 5.02. The van der Waals surface area contributed by atoms with Crippen LogP contribution in [0, 0.1) is 0 Å². The highest BCUT2D eigenvalue weighted by atomic mass is 32.2. The fourth-order valence-electron chi connectivity index (χ4n) is 4.08. The number of benzene rings is 1. The van der Waals surface area contributed by atoms with Crippen LogP contribution in [-0.2, 0) is 14.8 Å². The van der Waals surface area contributed by atoms with Gasteiger partial charge in [0, 0.05) is 37.1 Å². The van der Waals surface area contributed by atoms with E-state index in [0.717, 1.165) is 18.0 Å². The van der Waals surface area contributed by atoms with Crippen molar-refractivity contribution in [1.29, 1.82) is 0 Å². The molecule has 8 heteroatoms. The molecule has 1 atom stereocenters. The Bertz CT molecular complexity index is 798. The molecule has 6 nitrogen and oxygen atoms in total. The van der Waals surface area contributed by atoms with E-state index in [-0.39, 0.29) is 16.1 Å². The number of amides is 1. The van der Waals surface area contributed by atoms with Crippen molar-refractivity contribution in [1.82, 2.24) is 9.21 Å². The van der Waals surface area contributed by atoms with Gasteiger partial charge in [-0.25, -0.2) is 8.42 Å². The summed E-state index contributed by atoms with van der Waals surface area (Å²) in [4.78, 5) is 15.5. The summed E-state index contributed by atoms with van der Waals surface area (Å²) in [5.41, 5.74) is 0.601. The van der Waals surface area contributed by atoms with Gasteiger partial charge in [-0.15, -0.1) is 11.8 Å². The van der Waals surface area contributed by atoms with Crippen molar-refractivity contribution >= 4 is 33.4 Å². The Morgan fingerprint density at radius 1 is 1.12 bits per heavy atom. The number of anilines is 1. The van der Waals surface area contributed by atoms with Gasteiger partial charge in [0.25, 0.3) is 0 Å². The van der Waals surface area contributed by atoms with Crippen LogP contribution in [-0.4, -0.2) is 61.0 Å². The summed E-state index contributed by atoms with van der Waals surface area (Å²) in [5, 5.41) is 2.66. The molecular formula is C18H25N3O3S2. The predicted octanol–water partition coefficient (Wildman–Crippen LogP) is 2.37. The van der Waals surface area contributed by atoms with Crippen molar-refractivity contribution < 1.29 is 13.2 Å². The maximum atomic E-state index is 13.0. The van der Waals surface area contributed by atoms with Crippen LogP contribution in [0.15, 0.2) is 28.0 Å². The molecule has 2 aliphatic heterocycles. The third kappa shape index (κ3) is 3.40. The molecule has 2 heterocycles. The minimum absolute atomic E-state index is 0.0813. The minimum Gasteiger partial charge on any atom is -0.324 e. The van der Waals surface area contributed by atoms with Crippen LogP contribution in [0.3, 0.4) is 0 Å². The van der Waals surface area contributed by atoms with Crippen LogP contribution in [0.1, 0.15) is 32.6 Å². The minimum atomic E-state index is -3.53. The molecule has 1 amide bonds. The lowest BCUT2D eigenvalue weighted by Gasteiger charge is -2.37. The molecule has 0 aromatic heterocycles. The van der Waals surface area contributed by atoms with E-state index in [2.05, 4.69) is 10.2 Å². The summed E-state index contributed by atoms with van der Waals surface area (Å²) < 4.78 is 27.7. The fourth-order valence-corrected chi connectivity index (χ4v) is 6.46. The Labute approximate surface area is 159 Å². The average Bonchev–Trinajstić information content (AvgIpc) is 3.17. The van der Waals surface area contributed by atoms with Gasteiger partial charge in [0.05, 0.1) is 15.8 Å². The molecule has 1 unspecified atom stereocenters. The number of hydrogen-bond donors (Lipinski definition) is 1. The lowest BCUT2D eigenvalue weighted by molar-refractivity contribution is -0.115. The third-order valence-electron chi connectivity index (χ3n) is 5.63. The van der Waals surface area contributed by atoms with Crippen LogP contribution in [0.2, 0.25) is 0 Å². The van der Waals surface area contributed by atoms with E-state index in [4.69, 9.17) is 0 Å². The zero-order valence-corrected chi connectivity index (χ0v) is 16.6. The number of nitrogens with one attached hydrogen (secondary N) is 1. The molecule has 1 aromatic rings. The Morgan fingerprint density at radius 2 is 1.81 bits per heavy atom. The largest absolute Gasteiger partial charge is 0.324 e. The number of piperazine rings is 1. The maximum Gasteiger partial charge on any atom is 0.243 e. The lowest BCUT2D eigenvalue weighted by atomic mass is 10.2. The molecule has 0 radical (unpaired) electrons. The summed E-state index contributed by atoms with van der Waals surface area (Å²) >= 11 is 1.46. The normalized spacial score (nSPS) is 25.9. The van der Waals surface area contributed by atoms with Crippen molar-refractivity contribution in [3.05, 3.63) is 18.2 Å². The lowest BCUT2D eigenvalue weighted by Crippen LogP contribution is -2.51. The summed E-state index contributed by atoms with van der Waals surface area (Å²) in [6, 6.07) is 5.70. The Hall–Kier alpha value is -1.09. The van der Waals surface area contributed by atoms with Crippen molar-refractivity contribution in [2.24, 2.45) is 0 Å². The molecule has 0 spiro atoms. The highest BCUT2D eigenvalue weighted by Gasteiger charge is 2.33. The zero-order valence-electron chi connectivity index (χ0n) is 15.0. The molecule has 1 saturated heterocycles. The van der Waals surface area contributed by atoms with Crippen molar-refractivity contribution in [3.8, 4) is 0 Å². The van der Waals surface area contributed by atoms with Gasteiger partial charge in [-0.3, -0.25) is 9.69 Å². The van der Waals surface area contributed by atoms with E-state index in [9.17, 15) is 13.2 Å².